The van der Waals surface area contributed by atoms with Crippen molar-refractivity contribution < 1.29 is 4.92 Å². The first-order valence-corrected chi connectivity index (χ1v) is 9.39. The Kier molecular flexibility index (Phi) is 4.97. The van der Waals surface area contributed by atoms with E-state index in [4.69, 9.17) is 0 Å². The molecule has 0 saturated carbocycles. The highest BCUT2D eigenvalue weighted by atomic mass is 16.6. The van der Waals surface area contributed by atoms with Crippen molar-refractivity contribution in [3.8, 4) is 0 Å². The van der Waals surface area contributed by atoms with Gasteiger partial charge in [0.1, 0.15) is 6.33 Å². The summed E-state index contributed by atoms with van der Waals surface area (Å²) in [4.78, 5) is 24.2. The number of hydrogen-bond donors (Lipinski definition) is 2. The number of para-hydroxylation sites is 1. The molecule has 30 heavy (non-hydrogen) atoms. The topological polar surface area (TPSA) is 106 Å². The number of aromatic nitrogens is 3. The second-order valence-corrected chi connectivity index (χ2v) is 7.13. The molecule has 8 nitrogen and oxygen atoms in total. The van der Waals surface area contributed by atoms with Crippen LogP contribution < -0.4 is 10.6 Å². The molecule has 0 fully saturated rings. The predicted molar refractivity (Wildman–Crippen MR) is 118 cm³/mol. The number of benzene rings is 2. The van der Waals surface area contributed by atoms with Gasteiger partial charge < -0.3 is 10.6 Å². The van der Waals surface area contributed by atoms with Gasteiger partial charge in [-0.3, -0.25) is 15.1 Å². The van der Waals surface area contributed by atoms with Crippen molar-refractivity contribution in [3.05, 3.63) is 81.8 Å². The first-order valence-electron chi connectivity index (χ1n) is 9.39. The molecule has 0 bridgehead atoms. The van der Waals surface area contributed by atoms with Crippen molar-refractivity contribution in [2.45, 2.75) is 20.8 Å². The summed E-state index contributed by atoms with van der Waals surface area (Å²) in [5, 5.41) is 19.0. The minimum Gasteiger partial charge on any atom is -0.334 e. The van der Waals surface area contributed by atoms with Crippen LogP contribution in [-0.2, 0) is 0 Å². The normalized spacial score (nSPS) is 10.8. The highest BCUT2D eigenvalue weighted by Gasteiger charge is 2.24. The van der Waals surface area contributed by atoms with Crippen LogP contribution in [0.25, 0.3) is 10.9 Å². The number of aryl methyl sites for hydroxylation is 3. The molecule has 0 atom stereocenters. The molecule has 0 aliphatic carbocycles. The molecule has 2 aromatic heterocycles. The van der Waals surface area contributed by atoms with E-state index in [2.05, 4.69) is 25.6 Å². The Bertz CT molecular complexity index is 1250. The van der Waals surface area contributed by atoms with Crippen LogP contribution in [-0.4, -0.2) is 19.9 Å². The van der Waals surface area contributed by atoms with Gasteiger partial charge in [-0.05, 0) is 56.2 Å². The highest BCUT2D eigenvalue weighted by Crippen LogP contribution is 2.34. The van der Waals surface area contributed by atoms with Gasteiger partial charge in [-0.25, -0.2) is 9.97 Å². The lowest BCUT2D eigenvalue weighted by Crippen LogP contribution is -2.06. The monoisotopic (exact) mass is 400 g/mol. The Morgan fingerprint density at radius 1 is 0.900 bits per heavy atom. The molecule has 2 aromatic carbocycles. The molecule has 0 spiro atoms. The highest BCUT2D eigenvalue weighted by molar-refractivity contribution is 5.93. The standard InChI is InChI=1S/C22H20N6O2/c1-13-9-14(2)11-17(10-13)26-21-20(28(29)30)22(24-12-23-21)27-18-6-4-5-16-8-7-15(3)25-19(16)18/h4-12H,1-3H3,(H2,23,24,26,27). The molecule has 0 radical (unpaired) electrons. The second-order valence-electron chi connectivity index (χ2n) is 7.13. The van der Waals surface area contributed by atoms with E-state index >= 15 is 0 Å². The fourth-order valence-electron chi connectivity index (χ4n) is 3.39. The van der Waals surface area contributed by atoms with Crippen molar-refractivity contribution in [1.82, 2.24) is 15.0 Å². The molecular weight excluding hydrogens is 380 g/mol. The summed E-state index contributed by atoms with van der Waals surface area (Å²) in [5.74, 6) is 0.213. The van der Waals surface area contributed by atoms with Crippen molar-refractivity contribution in [3.63, 3.8) is 0 Å². The van der Waals surface area contributed by atoms with Crippen molar-refractivity contribution in [2.75, 3.05) is 10.6 Å². The van der Waals surface area contributed by atoms with Gasteiger partial charge in [0, 0.05) is 16.8 Å². The third-order valence-corrected chi connectivity index (χ3v) is 4.60. The van der Waals surface area contributed by atoms with Crippen LogP contribution in [0.3, 0.4) is 0 Å². The van der Waals surface area contributed by atoms with Crippen molar-refractivity contribution in [2.24, 2.45) is 0 Å². The van der Waals surface area contributed by atoms with Crippen LogP contribution >= 0.6 is 0 Å². The van der Waals surface area contributed by atoms with Gasteiger partial charge in [-0.2, -0.15) is 0 Å². The van der Waals surface area contributed by atoms with Crippen LogP contribution in [0.1, 0.15) is 16.8 Å². The van der Waals surface area contributed by atoms with E-state index in [-0.39, 0.29) is 17.3 Å². The number of nitro groups is 1. The molecule has 4 aromatic rings. The molecule has 2 heterocycles. The average Bonchev–Trinajstić information content (AvgIpc) is 2.67. The van der Waals surface area contributed by atoms with Crippen LogP contribution in [0, 0.1) is 30.9 Å². The van der Waals surface area contributed by atoms with Crippen molar-refractivity contribution in [1.29, 1.82) is 0 Å². The summed E-state index contributed by atoms with van der Waals surface area (Å²) in [6.45, 7) is 5.83. The summed E-state index contributed by atoms with van der Waals surface area (Å²) in [6, 6.07) is 15.3. The zero-order valence-corrected chi connectivity index (χ0v) is 16.8. The van der Waals surface area contributed by atoms with Crippen LogP contribution in [0.4, 0.5) is 28.7 Å². The van der Waals surface area contributed by atoms with Gasteiger partial charge in [0.25, 0.3) is 0 Å². The fourth-order valence-corrected chi connectivity index (χ4v) is 3.39. The molecule has 2 N–H and O–H groups in total. The minimum atomic E-state index is -0.489. The summed E-state index contributed by atoms with van der Waals surface area (Å²) < 4.78 is 0. The maximum absolute atomic E-state index is 11.9. The maximum Gasteiger partial charge on any atom is 0.353 e. The van der Waals surface area contributed by atoms with Gasteiger partial charge in [-0.1, -0.05) is 24.3 Å². The van der Waals surface area contributed by atoms with Crippen LogP contribution in [0.2, 0.25) is 0 Å². The molecule has 0 saturated heterocycles. The zero-order chi connectivity index (χ0) is 21.3. The fraction of sp³-hybridized carbons (Fsp3) is 0.136. The Morgan fingerprint density at radius 3 is 2.30 bits per heavy atom. The third kappa shape index (κ3) is 3.88. The Morgan fingerprint density at radius 2 is 1.60 bits per heavy atom. The largest absolute Gasteiger partial charge is 0.353 e. The van der Waals surface area contributed by atoms with E-state index in [1.165, 1.54) is 6.33 Å². The SMILES string of the molecule is Cc1cc(C)cc(Nc2ncnc(Nc3cccc4ccc(C)nc34)c2[N+](=O)[O-])c1. The minimum absolute atomic E-state index is 0.0951. The quantitative estimate of drug-likeness (QED) is 0.344. The number of fused-ring (bicyclic) bond motifs is 1. The Balaban J connectivity index is 1.77. The molecule has 0 aliphatic rings. The number of pyridine rings is 1. The second kappa shape index (κ2) is 7.75. The number of anilines is 4. The van der Waals surface area contributed by atoms with Gasteiger partial charge in [0.05, 0.1) is 16.1 Å². The molecule has 0 amide bonds. The van der Waals surface area contributed by atoms with E-state index in [9.17, 15) is 10.1 Å². The predicted octanol–water partition coefficient (Wildman–Crippen LogP) is 5.35. The number of nitrogens with zero attached hydrogens (tertiary/aromatic N) is 4. The molecule has 0 aliphatic heterocycles. The third-order valence-electron chi connectivity index (χ3n) is 4.60. The van der Waals surface area contributed by atoms with Crippen LogP contribution in [0.5, 0.6) is 0 Å². The van der Waals surface area contributed by atoms with Gasteiger partial charge in [0.2, 0.25) is 11.6 Å². The lowest BCUT2D eigenvalue weighted by molar-refractivity contribution is -0.383. The molecule has 8 heteroatoms. The van der Waals surface area contributed by atoms with E-state index < -0.39 is 4.92 Å². The van der Waals surface area contributed by atoms with Gasteiger partial charge >= 0.3 is 5.69 Å². The maximum atomic E-state index is 11.9. The average molecular weight is 400 g/mol. The van der Waals surface area contributed by atoms with Crippen LogP contribution in [0.15, 0.2) is 54.9 Å². The molecule has 0 unspecified atom stereocenters. The van der Waals surface area contributed by atoms with E-state index in [0.29, 0.717) is 11.2 Å². The van der Waals surface area contributed by atoms with Gasteiger partial charge in [0.15, 0.2) is 0 Å². The van der Waals surface area contributed by atoms with E-state index in [1.807, 2.05) is 69.3 Å². The lowest BCUT2D eigenvalue weighted by atomic mass is 10.1. The van der Waals surface area contributed by atoms with E-state index in [1.54, 1.807) is 0 Å². The summed E-state index contributed by atoms with van der Waals surface area (Å²) in [6.07, 6.45) is 1.30. The first kappa shape index (κ1) is 19.3. The zero-order valence-electron chi connectivity index (χ0n) is 16.8. The summed E-state index contributed by atoms with van der Waals surface area (Å²) in [7, 11) is 0. The Hall–Kier alpha value is -4.07. The smallest absolute Gasteiger partial charge is 0.334 e. The molecule has 150 valence electrons. The number of rotatable bonds is 5. The lowest BCUT2D eigenvalue weighted by Gasteiger charge is -2.12. The first-order chi connectivity index (χ1) is 14.4. The summed E-state index contributed by atoms with van der Waals surface area (Å²) in [5.41, 5.74) is 4.79. The molecule has 4 rings (SSSR count). The Labute approximate surface area is 173 Å². The summed E-state index contributed by atoms with van der Waals surface area (Å²) >= 11 is 0. The number of nitrogens with one attached hydrogen (secondary N) is 2. The molecular formula is C22H20N6O2. The van der Waals surface area contributed by atoms with Gasteiger partial charge in [-0.15, -0.1) is 0 Å². The number of hydrogen-bond acceptors (Lipinski definition) is 7. The van der Waals surface area contributed by atoms with E-state index in [0.717, 1.165) is 27.9 Å². The van der Waals surface area contributed by atoms with Crippen molar-refractivity contribution >= 4 is 39.6 Å².